The Hall–Kier alpha value is -3.39. The Morgan fingerprint density at radius 3 is 2.31 bits per heavy atom. The summed E-state index contributed by atoms with van der Waals surface area (Å²) in [6.07, 6.45) is 0.957. The number of thiophene rings is 1. The first kappa shape index (κ1) is 23.4. The van der Waals surface area contributed by atoms with E-state index in [4.69, 9.17) is 9.97 Å². The highest BCUT2D eigenvalue weighted by molar-refractivity contribution is 7.99. The van der Waals surface area contributed by atoms with E-state index in [-0.39, 0.29) is 6.61 Å². The van der Waals surface area contributed by atoms with E-state index in [1.165, 1.54) is 4.88 Å². The molecule has 176 valence electrons. The van der Waals surface area contributed by atoms with Gasteiger partial charge in [0.25, 0.3) is 0 Å². The lowest BCUT2D eigenvalue weighted by molar-refractivity contribution is 0.279. The second kappa shape index (κ2) is 11.4. The van der Waals surface area contributed by atoms with Crippen LogP contribution < -0.4 is 10.6 Å². The maximum atomic E-state index is 9.70. The van der Waals surface area contributed by atoms with Crippen LogP contribution in [0.1, 0.15) is 16.0 Å². The van der Waals surface area contributed by atoms with Gasteiger partial charge < -0.3 is 15.7 Å². The summed E-state index contributed by atoms with van der Waals surface area (Å²) in [5, 5.41) is 19.8. The van der Waals surface area contributed by atoms with E-state index < -0.39 is 0 Å². The predicted molar refractivity (Wildman–Crippen MR) is 146 cm³/mol. The SMILES string of the molecule is OCc1ccccc1Sc1ccccc1CNc1nc(NCCc2cccs2)c2ccccc2n1. The van der Waals surface area contributed by atoms with Crippen LogP contribution in [0.5, 0.6) is 0 Å². The van der Waals surface area contributed by atoms with E-state index in [1.807, 2.05) is 54.6 Å². The second-order valence-electron chi connectivity index (χ2n) is 8.00. The summed E-state index contributed by atoms with van der Waals surface area (Å²) < 4.78 is 0. The van der Waals surface area contributed by atoms with Gasteiger partial charge >= 0.3 is 0 Å². The Morgan fingerprint density at radius 1 is 0.771 bits per heavy atom. The van der Waals surface area contributed by atoms with E-state index in [9.17, 15) is 5.11 Å². The van der Waals surface area contributed by atoms with Gasteiger partial charge in [-0.1, -0.05) is 66.4 Å². The van der Waals surface area contributed by atoms with E-state index in [0.717, 1.165) is 50.6 Å². The van der Waals surface area contributed by atoms with Crippen LogP contribution in [-0.4, -0.2) is 21.6 Å². The van der Waals surface area contributed by atoms with Crippen LogP contribution in [0.3, 0.4) is 0 Å². The molecule has 7 heteroatoms. The molecule has 5 nitrogen and oxygen atoms in total. The highest BCUT2D eigenvalue weighted by Gasteiger charge is 2.10. The lowest BCUT2D eigenvalue weighted by atomic mass is 10.2. The largest absolute Gasteiger partial charge is 0.392 e. The Bertz CT molecular complexity index is 1410. The lowest BCUT2D eigenvalue weighted by Crippen LogP contribution is -2.10. The standard InChI is InChI=1S/C28H26N4OS2/c33-19-21-9-2-6-14-26(21)35-25-13-5-1-8-20(25)18-30-28-31-24-12-4-3-11-23(24)27(32-28)29-16-15-22-10-7-17-34-22/h1-14,17,33H,15-16,18-19H2,(H2,29,30,31,32). The molecular formula is C28H26N4OS2. The van der Waals surface area contributed by atoms with E-state index in [0.29, 0.717) is 12.5 Å². The maximum absolute atomic E-state index is 9.70. The molecule has 0 fully saturated rings. The van der Waals surface area contributed by atoms with E-state index in [1.54, 1.807) is 23.1 Å². The zero-order valence-electron chi connectivity index (χ0n) is 19.1. The van der Waals surface area contributed by atoms with Gasteiger partial charge in [0.1, 0.15) is 5.82 Å². The molecule has 0 saturated heterocycles. The molecule has 5 aromatic rings. The van der Waals surface area contributed by atoms with Gasteiger partial charge in [0.15, 0.2) is 0 Å². The Morgan fingerprint density at radius 2 is 1.51 bits per heavy atom. The normalized spacial score (nSPS) is 11.0. The third-order valence-electron chi connectivity index (χ3n) is 5.62. The van der Waals surface area contributed by atoms with Gasteiger partial charge in [-0.25, -0.2) is 4.98 Å². The third-order valence-corrected chi connectivity index (χ3v) is 7.79. The van der Waals surface area contributed by atoms with Crippen LogP contribution in [0.2, 0.25) is 0 Å². The fourth-order valence-electron chi connectivity index (χ4n) is 3.83. The van der Waals surface area contributed by atoms with Crippen LogP contribution in [0.15, 0.2) is 100 Å². The Kier molecular flexibility index (Phi) is 7.58. The Labute approximate surface area is 213 Å². The van der Waals surface area contributed by atoms with Crippen molar-refractivity contribution in [2.75, 3.05) is 17.2 Å². The molecule has 0 amide bonds. The number of nitrogens with one attached hydrogen (secondary N) is 2. The zero-order valence-corrected chi connectivity index (χ0v) is 20.8. The highest BCUT2D eigenvalue weighted by Crippen LogP contribution is 2.33. The first-order valence-corrected chi connectivity index (χ1v) is 13.2. The number of hydrogen-bond donors (Lipinski definition) is 3. The molecule has 2 heterocycles. The van der Waals surface area contributed by atoms with Gasteiger partial charge in [-0.3, -0.25) is 0 Å². The summed E-state index contributed by atoms with van der Waals surface area (Å²) in [5.41, 5.74) is 2.98. The van der Waals surface area contributed by atoms with Gasteiger partial charge in [-0.05, 0) is 53.3 Å². The number of anilines is 2. The van der Waals surface area contributed by atoms with E-state index >= 15 is 0 Å². The molecule has 0 spiro atoms. The van der Waals surface area contributed by atoms with E-state index in [2.05, 4.69) is 46.3 Å². The van der Waals surface area contributed by atoms with Crippen LogP contribution in [0.25, 0.3) is 10.9 Å². The average Bonchev–Trinajstić information content (AvgIpc) is 3.42. The molecule has 0 bridgehead atoms. The second-order valence-corrected chi connectivity index (χ2v) is 10.1. The third kappa shape index (κ3) is 5.82. The first-order chi connectivity index (χ1) is 17.3. The fraction of sp³-hybridized carbons (Fsp3) is 0.143. The van der Waals surface area contributed by atoms with Crippen molar-refractivity contribution in [3.63, 3.8) is 0 Å². The molecule has 3 aromatic carbocycles. The zero-order chi connectivity index (χ0) is 23.9. The van der Waals surface area contributed by atoms with Crippen molar-refractivity contribution in [2.45, 2.75) is 29.4 Å². The topological polar surface area (TPSA) is 70.1 Å². The molecule has 0 atom stereocenters. The number of aliphatic hydroxyl groups is 1. The van der Waals surface area contributed by atoms with Crippen molar-refractivity contribution in [3.05, 3.63) is 106 Å². The summed E-state index contributed by atoms with van der Waals surface area (Å²) in [5.74, 6) is 1.44. The number of nitrogens with zero attached hydrogens (tertiary/aromatic N) is 2. The summed E-state index contributed by atoms with van der Waals surface area (Å²) in [7, 11) is 0. The average molecular weight is 499 g/mol. The van der Waals surface area contributed by atoms with Gasteiger partial charge in [0, 0.05) is 33.1 Å². The molecule has 2 aromatic heterocycles. The first-order valence-electron chi connectivity index (χ1n) is 11.5. The monoisotopic (exact) mass is 498 g/mol. The van der Waals surface area contributed by atoms with Crippen molar-refractivity contribution in [3.8, 4) is 0 Å². The molecule has 0 aliphatic heterocycles. The smallest absolute Gasteiger partial charge is 0.225 e. The predicted octanol–water partition coefficient (Wildman–Crippen LogP) is 6.60. The molecule has 0 unspecified atom stereocenters. The number of hydrogen-bond acceptors (Lipinski definition) is 7. The number of fused-ring (bicyclic) bond motifs is 1. The number of benzene rings is 3. The molecular weight excluding hydrogens is 472 g/mol. The number of rotatable bonds is 10. The van der Waals surface area contributed by atoms with Crippen LogP contribution >= 0.6 is 23.1 Å². The highest BCUT2D eigenvalue weighted by atomic mass is 32.2. The molecule has 0 radical (unpaired) electrons. The number of aromatic nitrogens is 2. The van der Waals surface area contributed by atoms with Crippen molar-refractivity contribution < 1.29 is 5.11 Å². The van der Waals surface area contributed by atoms with Gasteiger partial charge in [0.2, 0.25) is 5.95 Å². The van der Waals surface area contributed by atoms with Gasteiger partial charge in [-0.2, -0.15) is 4.98 Å². The summed E-state index contributed by atoms with van der Waals surface area (Å²) in [4.78, 5) is 13.1. The molecule has 0 saturated carbocycles. The quantitative estimate of drug-likeness (QED) is 0.201. The minimum Gasteiger partial charge on any atom is -0.392 e. The molecule has 5 rings (SSSR count). The summed E-state index contributed by atoms with van der Waals surface area (Å²) in [6.45, 7) is 1.43. The maximum Gasteiger partial charge on any atom is 0.225 e. The molecule has 0 aliphatic carbocycles. The Balaban J connectivity index is 1.34. The molecule has 35 heavy (non-hydrogen) atoms. The summed E-state index contributed by atoms with van der Waals surface area (Å²) in [6, 6.07) is 28.6. The van der Waals surface area contributed by atoms with Crippen molar-refractivity contribution >= 4 is 45.8 Å². The lowest BCUT2D eigenvalue weighted by Gasteiger charge is -2.14. The molecule has 3 N–H and O–H groups in total. The minimum absolute atomic E-state index is 0.0246. The minimum atomic E-state index is 0.0246. The number of aliphatic hydroxyl groups excluding tert-OH is 1. The number of para-hydroxylation sites is 1. The van der Waals surface area contributed by atoms with Crippen LogP contribution in [0.4, 0.5) is 11.8 Å². The molecule has 0 aliphatic rings. The van der Waals surface area contributed by atoms with Gasteiger partial charge in [0.05, 0.1) is 12.1 Å². The van der Waals surface area contributed by atoms with Crippen molar-refractivity contribution in [1.29, 1.82) is 0 Å². The van der Waals surface area contributed by atoms with Gasteiger partial charge in [-0.15, -0.1) is 11.3 Å². The summed E-state index contributed by atoms with van der Waals surface area (Å²) >= 11 is 3.44. The van der Waals surface area contributed by atoms with Crippen LogP contribution in [0, 0.1) is 0 Å². The van der Waals surface area contributed by atoms with Crippen LogP contribution in [-0.2, 0) is 19.6 Å². The van der Waals surface area contributed by atoms with Crippen molar-refractivity contribution in [2.24, 2.45) is 0 Å². The fourth-order valence-corrected chi connectivity index (χ4v) is 5.60. The van der Waals surface area contributed by atoms with Crippen molar-refractivity contribution in [1.82, 2.24) is 9.97 Å².